The van der Waals surface area contributed by atoms with Gasteiger partial charge in [0.15, 0.2) is 5.16 Å². The number of hydrogen-bond acceptors (Lipinski definition) is 7. The molecular weight excluding hydrogens is 436 g/mol. The smallest absolute Gasteiger partial charge is 0.266 e. The van der Waals surface area contributed by atoms with Crippen molar-refractivity contribution in [2.45, 2.75) is 17.3 Å². The second-order valence-corrected chi connectivity index (χ2v) is 8.63. The zero-order valence-electron chi connectivity index (χ0n) is 18.0. The van der Waals surface area contributed by atoms with Crippen molar-refractivity contribution < 1.29 is 9.15 Å². The molecule has 3 aromatic carbocycles. The predicted octanol–water partition coefficient (Wildman–Crippen LogP) is 5.30. The SMILES string of the molecule is COc1ccc(-n2c(SC(C)c3nnc(-c4ccccc4)o3)nc3ccccc3c2=O)cc1. The molecule has 5 aromatic rings. The zero-order chi connectivity index (χ0) is 22.8. The second-order valence-electron chi connectivity index (χ2n) is 7.32. The minimum Gasteiger partial charge on any atom is -0.497 e. The van der Waals surface area contributed by atoms with Crippen molar-refractivity contribution in [3.05, 3.63) is 95.1 Å². The summed E-state index contributed by atoms with van der Waals surface area (Å²) in [5.74, 6) is 1.63. The summed E-state index contributed by atoms with van der Waals surface area (Å²) < 4.78 is 12.8. The molecule has 7 nitrogen and oxygen atoms in total. The van der Waals surface area contributed by atoms with Crippen LogP contribution in [0, 0.1) is 0 Å². The number of ether oxygens (including phenoxy) is 1. The number of para-hydroxylation sites is 1. The summed E-state index contributed by atoms with van der Waals surface area (Å²) in [6.45, 7) is 1.95. The molecule has 0 N–H and O–H groups in total. The molecule has 1 atom stereocenters. The van der Waals surface area contributed by atoms with Gasteiger partial charge in [-0.25, -0.2) is 4.98 Å². The highest BCUT2D eigenvalue weighted by Gasteiger charge is 2.21. The first-order valence-corrected chi connectivity index (χ1v) is 11.2. The molecule has 0 amide bonds. The number of rotatable bonds is 6. The van der Waals surface area contributed by atoms with Gasteiger partial charge < -0.3 is 9.15 Å². The molecule has 8 heteroatoms. The van der Waals surface area contributed by atoms with Crippen LogP contribution in [-0.4, -0.2) is 26.9 Å². The van der Waals surface area contributed by atoms with Gasteiger partial charge >= 0.3 is 0 Å². The Labute approximate surface area is 194 Å². The van der Waals surface area contributed by atoms with Crippen LogP contribution in [0.2, 0.25) is 0 Å². The lowest BCUT2D eigenvalue weighted by Gasteiger charge is -2.15. The first-order chi connectivity index (χ1) is 16.1. The van der Waals surface area contributed by atoms with Crippen molar-refractivity contribution in [1.82, 2.24) is 19.7 Å². The van der Waals surface area contributed by atoms with E-state index in [1.807, 2.05) is 79.7 Å². The second kappa shape index (κ2) is 8.91. The van der Waals surface area contributed by atoms with Crippen molar-refractivity contribution in [3.63, 3.8) is 0 Å². The third kappa shape index (κ3) is 4.12. The fourth-order valence-electron chi connectivity index (χ4n) is 3.46. The Balaban J connectivity index is 1.55. The van der Waals surface area contributed by atoms with Crippen molar-refractivity contribution >= 4 is 22.7 Å². The molecule has 164 valence electrons. The lowest BCUT2D eigenvalue weighted by atomic mass is 10.2. The standard InChI is InChI=1S/C25H20N4O3S/c1-16(22-27-28-23(32-22)17-8-4-3-5-9-17)33-25-26-21-11-7-6-10-20(21)24(30)29(25)18-12-14-19(31-2)15-13-18/h3-16H,1-2H3. The lowest BCUT2D eigenvalue weighted by Crippen LogP contribution is -2.22. The average molecular weight is 457 g/mol. The Bertz CT molecular complexity index is 1460. The molecule has 2 aromatic heterocycles. The quantitative estimate of drug-likeness (QED) is 0.253. The third-order valence-electron chi connectivity index (χ3n) is 5.17. The van der Waals surface area contributed by atoms with Crippen LogP contribution in [0.25, 0.3) is 28.0 Å². The fraction of sp³-hybridized carbons (Fsp3) is 0.120. The normalized spacial score (nSPS) is 12.1. The van der Waals surface area contributed by atoms with Crippen LogP contribution in [-0.2, 0) is 0 Å². The van der Waals surface area contributed by atoms with E-state index < -0.39 is 0 Å². The highest BCUT2D eigenvalue weighted by Crippen LogP contribution is 2.35. The molecule has 1 unspecified atom stereocenters. The summed E-state index contributed by atoms with van der Waals surface area (Å²) in [6.07, 6.45) is 0. The van der Waals surface area contributed by atoms with E-state index in [0.717, 1.165) is 5.56 Å². The Hall–Kier alpha value is -3.91. The topological polar surface area (TPSA) is 83.0 Å². The Morgan fingerprint density at radius 1 is 0.939 bits per heavy atom. The van der Waals surface area contributed by atoms with Crippen LogP contribution in [0.15, 0.2) is 93.2 Å². The predicted molar refractivity (Wildman–Crippen MR) is 128 cm³/mol. The van der Waals surface area contributed by atoms with E-state index in [1.54, 1.807) is 17.7 Å². The number of benzene rings is 3. The summed E-state index contributed by atoms with van der Waals surface area (Å²) in [7, 11) is 1.61. The molecule has 0 spiro atoms. The summed E-state index contributed by atoms with van der Waals surface area (Å²) in [6, 6.07) is 24.3. The van der Waals surface area contributed by atoms with Gasteiger partial charge in [-0.05, 0) is 55.5 Å². The molecule has 0 saturated carbocycles. The molecule has 0 aliphatic heterocycles. The van der Waals surface area contributed by atoms with Crippen molar-refractivity contribution in [3.8, 4) is 22.9 Å². The molecule has 2 heterocycles. The summed E-state index contributed by atoms with van der Waals surface area (Å²) in [4.78, 5) is 18.2. The van der Waals surface area contributed by atoms with E-state index >= 15 is 0 Å². The van der Waals surface area contributed by atoms with Crippen LogP contribution in [0.1, 0.15) is 18.1 Å². The highest BCUT2D eigenvalue weighted by atomic mass is 32.2. The van der Waals surface area contributed by atoms with Crippen molar-refractivity contribution in [1.29, 1.82) is 0 Å². The Morgan fingerprint density at radius 2 is 1.67 bits per heavy atom. The van der Waals surface area contributed by atoms with Gasteiger partial charge in [-0.3, -0.25) is 9.36 Å². The first-order valence-electron chi connectivity index (χ1n) is 10.4. The highest BCUT2D eigenvalue weighted by molar-refractivity contribution is 7.99. The number of hydrogen-bond donors (Lipinski definition) is 0. The van der Waals surface area contributed by atoms with Gasteiger partial charge in [0.1, 0.15) is 5.75 Å². The number of nitrogens with zero attached hydrogens (tertiary/aromatic N) is 4. The van der Waals surface area contributed by atoms with Gasteiger partial charge in [0.2, 0.25) is 11.8 Å². The number of fused-ring (bicyclic) bond motifs is 1. The minimum atomic E-state index is -0.229. The van der Waals surface area contributed by atoms with Crippen molar-refractivity contribution in [2.24, 2.45) is 0 Å². The Kier molecular flexibility index (Phi) is 5.66. The Morgan fingerprint density at radius 3 is 2.42 bits per heavy atom. The van der Waals surface area contributed by atoms with Gasteiger partial charge in [0.25, 0.3) is 5.56 Å². The molecule has 0 aliphatic rings. The van der Waals surface area contributed by atoms with Crippen LogP contribution >= 0.6 is 11.8 Å². The van der Waals surface area contributed by atoms with E-state index in [9.17, 15) is 4.79 Å². The van der Waals surface area contributed by atoms with Gasteiger partial charge in [0.05, 0.1) is 29.0 Å². The maximum absolute atomic E-state index is 13.4. The average Bonchev–Trinajstić information content (AvgIpc) is 3.36. The van der Waals surface area contributed by atoms with Crippen molar-refractivity contribution in [2.75, 3.05) is 7.11 Å². The van der Waals surface area contributed by atoms with E-state index in [-0.39, 0.29) is 10.8 Å². The van der Waals surface area contributed by atoms with E-state index in [2.05, 4.69) is 10.2 Å². The minimum absolute atomic E-state index is 0.143. The molecule has 0 radical (unpaired) electrons. The monoisotopic (exact) mass is 456 g/mol. The van der Waals surface area contributed by atoms with Crippen LogP contribution in [0.3, 0.4) is 0 Å². The molecule has 0 bridgehead atoms. The largest absolute Gasteiger partial charge is 0.497 e. The van der Waals surface area contributed by atoms with Gasteiger partial charge in [-0.1, -0.05) is 42.1 Å². The van der Waals surface area contributed by atoms with Crippen LogP contribution in [0.5, 0.6) is 5.75 Å². The van der Waals surface area contributed by atoms with Crippen LogP contribution < -0.4 is 10.3 Å². The molecule has 5 rings (SSSR count). The van der Waals surface area contributed by atoms with Gasteiger partial charge in [-0.15, -0.1) is 10.2 Å². The molecule has 0 fully saturated rings. The van der Waals surface area contributed by atoms with E-state index in [0.29, 0.717) is 39.3 Å². The number of methoxy groups -OCH3 is 1. The number of aromatic nitrogens is 4. The van der Waals surface area contributed by atoms with E-state index in [4.69, 9.17) is 14.1 Å². The molecule has 0 aliphatic carbocycles. The fourth-order valence-corrected chi connectivity index (χ4v) is 4.41. The van der Waals surface area contributed by atoms with Gasteiger partial charge in [0, 0.05) is 5.56 Å². The maximum Gasteiger partial charge on any atom is 0.266 e. The number of thioether (sulfide) groups is 1. The third-order valence-corrected chi connectivity index (χ3v) is 6.21. The summed E-state index contributed by atoms with van der Waals surface area (Å²) in [5.41, 5.74) is 2.05. The zero-order valence-corrected chi connectivity index (χ0v) is 18.8. The van der Waals surface area contributed by atoms with Crippen LogP contribution in [0.4, 0.5) is 0 Å². The van der Waals surface area contributed by atoms with E-state index in [1.165, 1.54) is 11.8 Å². The van der Waals surface area contributed by atoms with Gasteiger partial charge in [-0.2, -0.15) is 0 Å². The molecule has 0 saturated heterocycles. The molecular formula is C25H20N4O3S. The lowest BCUT2D eigenvalue weighted by molar-refractivity contribution is 0.414. The maximum atomic E-state index is 13.4. The first kappa shape index (κ1) is 21.0. The summed E-state index contributed by atoms with van der Waals surface area (Å²) in [5, 5.41) is 9.27. The summed E-state index contributed by atoms with van der Waals surface area (Å²) >= 11 is 1.39. The molecule has 33 heavy (non-hydrogen) atoms.